The molecule has 0 bridgehead atoms. The summed E-state index contributed by atoms with van der Waals surface area (Å²) >= 11 is 0. The predicted molar refractivity (Wildman–Crippen MR) is 218 cm³/mol. The van der Waals surface area contributed by atoms with Crippen LogP contribution in [0.4, 0.5) is 21.0 Å². The number of hydrogen-bond acceptors (Lipinski definition) is 8. The Bertz CT molecular complexity index is 2050. The first kappa shape index (κ1) is 38.2. The molecule has 5 N–H and O–H groups in total. The van der Waals surface area contributed by atoms with Gasteiger partial charge in [-0.05, 0) is 99.0 Å². The number of hydrogen-bond donors (Lipinski definition) is 5. The predicted octanol–water partition coefficient (Wildman–Crippen LogP) is 3.62. The van der Waals surface area contributed by atoms with Crippen LogP contribution in [0.3, 0.4) is 0 Å². The van der Waals surface area contributed by atoms with Crippen LogP contribution in [0.15, 0.2) is 67.1 Å². The molecule has 15 heteroatoms. The lowest BCUT2D eigenvalue weighted by molar-refractivity contribution is -0.137. The standard InChI is InChI=1S/C42H53N11O4/c1-28-22-30(23-32-26-45-49-38(28)32)25-36(48-41(56)52-16-10-34(11-17-52)53-27-31-4-2-3-5-35(31)47-42(53)57)39(54)46-37(24-29-6-12-43-13-7-29)40(55)51-20-18-50(19-21-51)33-8-14-44-15-9-33/h2-5,8-9,14-15,22-23,26,29,34,36-37,43H,6-7,10-13,16-21,24-25,27H2,1H3,(H,45,49)(H,46,54)(H,47,57)(H,48,56)/t36-,37-/m1/s1. The van der Waals surface area contributed by atoms with Gasteiger partial charge >= 0.3 is 12.1 Å². The number of H-pyrrole nitrogens is 1. The third kappa shape index (κ3) is 8.83. The number of para-hydroxylation sites is 1. The Morgan fingerprint density at radius 2 is 1.63 bits per heavy atom. The lowest BCUT2D eigenvalue weighted by atomic mass is 9.90. The van der Waals surface area contributed by atoms with Crippen LogP contribution in [0.1, 0.15) is 48.8 Å². The summed E-state index contributed by atoms with van der Waals surface area (Å²) in [5.41, 5.74) is 5.77. The van der Waals surface area contributed by atoms with Crippen molar-refractivity contribution in [1.82, 2.24) is 45.8 Å². The van der Waals surface area contributed by atoms with Crippen molar-refractivity contribution in [2.45, 2.75) is 70.1 Å². The lowest BCUT2D eigenvalue weighted by Gasteiger charge is -2.41. The van der Waals surface area contributed by atoms with Gasteiger partial charge in [-0.1, -0.05) is 24.3 Å². The van der Waals surface area contributed by atoms with Crippen molar-refractivity contribution in [2.75, 3.05) is 62.6 Å². The average molecular weight is 776 g/mol. The van der Waals surface area contributed by atoms with Crippen molar-refractivity contribution in [3.63, 3.8) is 0 Å². The van der Waals surface area contributed by atoms with Gasteiger partial charge in [0.25, 0.3) is 0 Å². The second-order valence-electron chi connectivity index (χ2n) is 15.9. The molecule has 6 heterocycles. The zero-order valence-electron chi connectivity index (χ0n) is 32.6. The molecule has 4 aliphatic heterocycles. The van der Waals surface area contributed by atoms with Crippen molar-refractivity contribution in [3.05, 3.63) is 83.8 Å². The first-order valence-corrected chi connectivity index (χ1v) is 20.4. The Labute approximate surface area is 332 Å². The molecule has 2 atom stereocenters. The van der Waals surface area contributed by atoms with E-state index in [-0.39, 0.29) is 42.3 Å². The Hall–Kier alpha value is -5.70. The highest BCUT2D eigenvalue weighted by atomic mass is 16.2. The molecule has 0 saturated carbocycles. The van der Waals surface area contributed by atoms with Crippen LogP contribution in [0.5, 0.6) is 0 Å². The molecule has 3 saturated heterocycles. The van der Waals surface area contributed by atoms with Crippen LogP contribution in [0.2, 0.25) is 0 Å². The van der Waals surface area contributed by atoms with Crippen molar-refractivity contribution < 1.29 is 19.2 Å². The molecule has 2 aromatic heterocycles. The molecule has 2 aromatic carbocycles. The molecule has 15 nitrogen and oxygen atoms in total. The highest BCUT2D eigenvalue weighted by molar-refractivity contribution is 5.93. The summed E-state index contributed by atoms with van der Waals surface area (Å²) < 4.78 is 0. The van der Waals surface area contributed by atoms with E-state index >= 15 is 0 Å². The lowest BCUT2D eigenvalue weighted by Crippen LogP contribution is -2.59. The summed E-state index contributed by atoms with van der Waals surface area (Å²) in [6, 6.07) is 13.7. The van der Waals surface area contributed by atoms with Crippen molar-refractivity contribution in [1.29, 1.82) is 0 Å². The third-order valence-electron chi connectivity index (χ3n) is 12.2. The van der Waals surface area contributed by atoms with E-state index in [4.69, 9.17) is 0 Å². The number of amides is 6. The first-order chi connectivity index (χ1) is 27.8. The molecule has 3 fully saturated rings. The molecular formula is C42H53N11O4. The first-order valence-electron chi connectivity index (χ1n) is 20.4. The Morgan fingerprint density at radius 3 is 2.40 bits per heavy atom. The van der Waals surface area contributed by atoms with E-state index in [1.54, 1.807) is 23.5 Å². The summed E-state index contributed by atoms with van der Waals surface area (Å²) in [6.07, 6.45) is 9.20. The van der Waals surface area contributed by atoms with Crippen molar-refractivity contribution >= 4 is 46.2 Å². The highest BCUT2D eigenvalue weighted by Crippen LogP contribution is 2.28. The van der Waals surface area contributed by atoms with E-state index in [0.29, 0.717) is 65.1 Å². The fraction of sp³-hybridized carbons (Fsp3) is 0.476. The van der Waals surface area contributed by atoms with Crippen LogP contribution in [0.25, 0.3) is 10.9 Å². The van der Waals surface area contributed by atoms with E-state index in [0.717, 1.165) is 64.9 Å². The monoisotopic (exact) mass is 775 g/mol. The molecular weight excluding hydrogens is 723 g/mol. The number of piperidine rings is 2. The van der Waals surface area contributed by atoms with Crippen molar-refractivity contribution in [3.8, 4) is 0 Å². The SMILES string of the molecule is Cc1cc(C[C@@H](NC(=O)N2CCC(N3Cc4ccccc4NC3=O)CC2)C(=O)N[C@H](CC2CCNCC2)C(=O)N2CCN(c3ccncc3)CC2)cc2cn[nH]c12. The number of carbonyl (C=O) groups is 4. The van der Waals surface area contributed by atoms with Gasteiger partial charge in [0.2, 0.25) is 11.8 Å². The molecule has 6 amide bonds. The minimum absolute atomic E-state index is 0.0144. The summed E-state index contributed by atoms with van der Waals surface area (Å²) in [5.74, 6) is -0.174. The fourth-order valence-electron chi connectivity index (χ4n) is 8.92. The van der Waals surface area contributed by atoms with Gasteiger partial charge in [-0.15, -0.1) is 0 Å². The summed E-state index contributed by atoms with van der Waals surface area (Å²) in [4.78, 5) is 67.8. The molecule has 8 rings (SSSR count). The molecule has 300 valence electrons. The van der Waals surface area contributed by atoms with Gasteiger partial charge in [0, 0.05) is 87.4 Å². The van der Waals surface area contributed by atoms with E-state index in [1.807, 2.05) is 65.3 Å². The van der Waals surface area contributed by atoms with E-state index in [1.165, 1.54) is 0 Å². The fourth-order valence-corrected chi connectivity index (χ4v) is 8.92. The quantitative estimate of drug-likeness (QED) is 0.163. The Balaban J connectivity index is 0.967. The number of aromatic amines is 1. The van der Waals surface area contributed by atoms with Gasteiger partial charge in [0.1, 0.15) is 12.1 Å². The van der Waals surface area contributed by atoms with Gasteiger partial charge in [0.05, 0.1) is 11.7 Å². The summed E-state index contributed by atoms with van der Waals surface area (Å²) in [6.45, 7) is 7.63. The highest BCUT2D eigenvalue weighted by Gasteiger charge is 2.36. The minimum Gasteiger partial charge on any atom is -0.368 e. The minimum atomic E-state index is -0.935. The molecule has 0 aliphatic carbocycles. The number of likely N-dealkylation sites (tertiary alicyclic amines) is 1. The summed E-state index contributed by atoms with van der Waals surface area (Å²) in [7, 11) is 0. The normalized spacial score (nSPS) is 19.1. The Kier molecular flexibility index (Phi) is 11.5. The number of fused-ring (bicyclic) bond motifs is 2. The van der Waals surface area contributed by atoms with Gasteiger partial charge < -0.3 is 40.9 Å². The number of anilines is 2. The Morgan fingerprint density at radius 1 is 0.877 bits per heavy atom. The molecule has 4 aromatic rings. The maximum Gasteiger partial charge on any atom is 0.322 e. The zero-order valence-corrected chi connectivity index (χ0v) is 32.6. The van der Waals surface area contributed by atoms with Gasteiger partial charge in [-0.3, -0.25) is 19.7 Å². The molecule has 4 aliphatic rings. The zero-order chi connectivity index (χ0) is 39.3. The van der Waals surface area contributed by atoms with Gasteiger partial charge in [-0.2, -0.15) is 5.10 Å². The van der Waals surface area contributed by atoms with Gasteiger partial charge in [0.15, 0.2) is 0 Å². The number of nitrogens with one attached hydrogen (secondary N) is 5. The molecule has 57 heavy (non-hydrogen) atoms. The molecule has 0 unspecified atom stereocenters. The molecule has 0 radical (unpaired) electrons. The van der Waals surface area contributed by atoms with Crippen LogP contribution >= 0.6 is 0 Å². The number of aryl methyl sites for hydroxylation is 1. The van der Waals surface area contributed by atoms with Gasteiger partial charge in [-0.25, -0.2) is 9.59 Å². The second-order valence-corrected chi connectivity index (χ2v) is 15.9. The van der Waals surface area contributed by atoms with E-state index in [9.17, 15) is 19.2 Å². The van der Waals surface area contributed by atoms with E-state index in [2.05, 4.69) is 41.3 Å². The number of nitrogens with zero attached hydrogens (tertiary/aromatic N) is 6. The smallest absolute Gasteiger partial charge is 0.322 e. The summed E-state index contributed by atoms with van der Waals surface area (Å²) in [5, 5.41) is 20.8. The third-order valence-corrected chi connectivity index (χ3v) is 12.2. The number of carbonyl (C=O) groups excluding carboxylic acids is 4. The van der Waals surface area contributed by atoms with E-state index < -0.39 is 12.1 Å². The topological polar surface area (TPSA) is 171 Å². The number of pyridine rings is 1. The maximum absolute atomic E-state index is 14.5. The van der Waals surface area contributed by atoms with Crippen molar-refractivity contribution in [2.24, 2.45) is 5.92 Å². The van der Waals surface area contributed by atoms with Crippen LogP contribution in [-0.2, 0) is 22.6 Å². The number of aromatic nitrogens is 3. The molecule has 0 spiro atoms. The van der Waals surface area contributed by atoms with Crippen LogP contribution < -0.4 is 26.2 Å². The van der Waals surface area contributed by atoms with Crippen LogP contribution in [-0.4, -0.2) is 124 Å². The number of rotatable bonds is 10. The maximum atomic E-state index is 14.5. The second kappa shape index (κ2) is 17.2. The number of urea groups is 2. The largest absolute Gasteiger partial charge is 0.368 e. The number of benzene rings is 2. The van der Waals surface area contributed by atoms with Crippen LogP contribution in [0, 0.1) is 12.8 Å². The number of piperazine rings is 1. The average Bonchev–Trinajstić information content (AvgIpc) is 3.73.